The van der Waals surface area contributed by atoms with Crippen LogP contribution in [0.1, 0.15) is 94.4 Å². The van der Waals surface area contributed by atoms with Crippen LogP contribution >= 0.6 is 0 Å². The summed E-state index contributed by atoms with van der Waals surface area (Å²) in [4.78, 5) is 28.0. The number of carbonyl (C=O) groups is 1. The fourth-order valence-corrected chi connectivity index (χ4v) is 7.84. The maximum absolute atomic E-state index is 14.3. The molecule has 3 aromatic rings. The fraction of sp³-hybridized carbons (Fsp3) is 0.571. The predicted octanol–water partition coefficient (Wildman–Crippen LogP) is 6.86. The van der Waals surface area contributed by atoms with Gasteiger partial charge >= 0.3 is 0 Å². The zero-order chi connectivity index (χ0) is 28.9. The van der Waals surface area contributed by atoms with Crippen molar-refractivity contribution in [2.75, 3.05) is 30.4 Å². The summed E-state index contributed by atoms with van der Waals surface area (Å²) in [5.74, 6) is 2.49. The first-order valence-electron chi connectivity index (χ1n) is 16.0. The molecular formula is C35H44N4O3. The van der Waals surface area contributed by atoms with Crippen molar-refractivity contribution in [3.8, 4) is 11.3 Å². The summed E-state index contributed by atoms with van der Waals surface area (Å²) in [7, 11) is 4.07. The number of aliphatic hydroxyl groups excluding tert-OH is 1. The molecule has 2 heterocycles. The van der Waals surface area contributed by atoms with Gasteiger partial charge in [-0.2, -0.15) is 0 Å². The summed E-state index contributed by atoms with van der Waals surface area (Å²) in [6.07, 6.45) is 15.7. The van der Waals surface area contributed by atoms with Crippen molar-refractivity contribution in [3.05, 3.63) is 60.3 Å². The van der Waals surface area contributed by atoms with Crippen LogP contribution in [0.3, 0.4) is 0 Å². The highest BCUT2D eigenvalue weighted by Gasteiger charge is 2.50. The van der Waals surface area contributed by atoms with Gasteiger partial charge in [-0.05, 0) is 112 Å². The van der Waals surface area contributed by atoms with Crippen LogP contribution in [0.5, 0.6) is 0 Å². The third-order valence-electron chi connectivity index (χ3n) is 10.9. The van der Waals surface area contributed by atoms with Gasteiger partial charge in [-0.25, -0.2) is 9.97 Å². The normalized spacial score (nSPS) is 28.9. The van der Waals surface area contributed by atoms with Crippen LogP contribution in [0.25, 0.3) is 11.3 Å². The Morgan fingerprint density at radius 2 is 1.71 bits per heavy atom. The van der Waals surface area contributed by atoms with E-state index in [1.807, 2.05) is 14.1 Å². The number of carbonyl (C=O) groups excluding carboxylic acids is 1. The van der Waals surface area contributed by atoms with E-state index >= 15 is 0 Å². The summed E-state index contributed by atoms with van der Waals surface area (Å²) in [6, 6.07) is 12.8. The monoisotopic (exact) mass is 568 g/mol. The van der Waals surface area contributed by atoms with Gasteiger partial charge in [0.25, 0.3) is 0 Å². The Morgan fingerprint density at radius 1 is 0.976 bits per heavy atom. The molecule has 5 fully saturated rings. The molecule has 5 aliphatic carbocycles. The van der Waals surface area contributed by atoms with Crippen LogP contribution < -0.4 is 9.80 Å². The van der Waals surface area contributed by atoms with Crippen molar-refractivity contribution >= 4 is 17.4 Å². The first kappa shape index (κ1) is 27.6. The second-order valence-electron chi connectivity index (χ2n) is 13.9. The SMILES string of the molecule is CN(C)c1ccc(C23CCC(CN(C(=O)C4CCC(O)CC4)c4cccc(-c5coc(C6CC6)n5)c4)(CC2)CC3)cn1. The van der Waals surface area contributed by atoms with Gasteiger partial charge in [-0.3, -0.25) is 4.79 Å². The molecular weight excluding hydrogens is 524 g/mol. The van der Waals surface area contributed by atoms with Crippen molar-refractivity contribution in [2.45, 2.75) is 94.5 Å². The molecule has 0 spiro atoms. The minimum Gasteiger partial charge on any atom is -0.448 e. The second-order valence-corrected chi connectivity index (χ2v) is 13.9. The molecule has 0 unspecified atom stereocenters. The number of amides is 1. The van der Waals surface area contributed by atoms with Crippen molar-refractivity contribution in [1.82, 2.24) is 9.97 Å². The summed E-state index contributed by atoms with van der Waals surface area (Å²) < 4.78 is 5.80. The number of rotatable bonds is 8. The molecule has 0 atom stereocenters. The molecule has 42 heavy (non-hydrogen) atoms. The number of nitrogens with zero attached hydrogens (tertiary/aromatic N) is 4. The van der Waals surface area contributed by atoms with Crippen LogP contribution in [0.4, 0.5) is 11.5 Å². The summed E-state index contributed by atoms with van der Waals surface area (Å²) >= 11 is 0. The van der Waals surface area contributed by atoms with Gasteiger partial charge in [0.05, 0.1) is 6.10 Å². The number of hydrogen-bond donors (Lipinski definition) is 1. The Hall–Kier alpha value is -3.19. The second kappa shape index (κ2) is 10.8. The first-order valence-corrected chi connectivity index (χ1v) is 16.0. The lowest BCUT2D eigenvalue weighted by Crippen LogP contribution is -2.51. The van der Waals surface area contributed by atoms with Crippen LogP contribution in [0, 0.1) is 11.3 Å². The van der Waals surface area contributed by atoms with E-state index in [9.17, 15) is 9.90 Å². The van der Waals surface area contributed by atoms with E-state index in [0.717, 1.165) is 99.4 Å². The molecule has 1 N–H and O–H groups in total. The number of anilines is 2. The van der Waals surface area contributed by atoms with Gasteiger partial charge in [0.15, 0.2) is 5.89 Å². The molecule has 5 aliphatic rings. The Kier molecular flexibility index (Phi) is 7.12. The van der Waals surface area contributed by atoms with Crippen molar-refractivity contribution in [2.24, 2.45) is 11.3 Å². The number of pyridine rings is 1. The first-order chi connectivity index (χ1) is 20.3. The van der Waals surface area contributed by atoms with Crippen molar-refractivity contribution in [3.63, 3.8) is 0 Å². The fourth-order valence-electron chi connectivity index (χ4n) is 7.84. The average Bonchev–Trinajstić information content (AvgIpc) is 3.77. The number of benzene rings is 1. The van der Waals surface area contributed by atoms with Crippen molar-refractivity contribution < 1.29 is 14.3 Å². The van der Waals surface area contributed by atoms with E-state index in [-0.39, 0.29) is 28.8 Å². The molecule has 2 bridgehead atoms. The average molecular weight is 569 g/mol. The summed E-state index contributed by atoms with van der Waals surface area (Å²) in [6.45, 7) is 0.758. The number of hydrogen-bond acceptors (Lipinski definition) is 6. The van der Waals surface area contributed by atoms with Gasteiger partial charge in [0.1, 0.15) is 17.8 Å². The minimum atomic E-state index is -0.275. The highest BCUT2D eigenvalue weighted by atomic mass is 16.3. The molecule has 0 radical (unpaired) electrons. The molecule has 2 aromatic heterocycles. The van der Waals surface area contributed by atoms with E-state index in [1.165, 1.54) is 5.56 Å². The Bertz CT molecular complexity index is 1390. The zero-order valence-electron chi connectivity index (χ0n) is 25.1. The van der Waals surface area contributed by atoms with Gasteiger partial charge in [-0.1, -0.05) is 18.2 Å². The lowest BCUT2D eigenvalue weighted by atomic mass is 9.52. The highest BCUT2D eigenvalue weighted by Crippen LogP contribution is 2.58. The number of fused-ring (bicyclic) bond motifs is 3. The quantitative estimate of drug-likeness (QED) is 0.320. The van der Waals surface area contributed by atoms with Crippen LogP contribution in [-0.4, -0.2) is 47.7 Å². The van der Waals surface area contributed by atoms with Crippen molar-refractivity contribution in [1.29, 1.82) is 0 Å². The van der Waals surface area contributed by atoms with E-state index in [0.29, 0.717) is 18.8 Å². The maximum Gasteiger partial charge on any atom is 0.230 e. The largest absolute Gasteiger partial charge is 0.448 e. The summed E-state index contributed by atoms with van der Waals surface area (Å²) in [5, 5.41) is 10.1. The number of aromatic nitrogens is 2. The minimum absolute atomic E-state index is 0.0328. The number of aliphatic hydroxyl groups is 1. The van der Waals surface area contributed by atoms with Crippen LogP contribution in [-0.2, 0) is 10.2 Å². The molecule has 7 heteroatoms. The van der Waals surface area contributed by atoms with Crippen LogP contribution in [0.2, 0.25) is 0 Å². The Morgan fingerprint density at radius 3 is 2.36 bits per heavy atom. The number of oxazole rings is 1. The van der Waals surface area contributed by atoms with E-state index < -0.39 is 0 Å². The third kappa shape index (κ3) is 5.25. The third-order valence-corrected chi connectivity index (χ3v) is 10.9. The molecule has 5 saturated carbocycles. The molecule has 1 amide bonds. The van der Waals surface area contributed by atoms with Gasteiger partial charge in [0.2, 0.25) is 5.91 Å². The Labute approximate surface area is 249 Å². The van der Waals surface area contributed by atoms with E-state index in [1.54, 1.807) is 6.26 Å². The van der Waals surface area contributed by atoms with E-state index in [2.05, 4.69) is 52.4 Å². The lowest BCUT2D eigenvalue weighted by Gasteiger charge is -2.55. The molecule has 0 saturated heterocycles. The van der Waals surface area contributed by atoms with Gasteiger partial charge in [0, 0.05) is 49.9 Å². The molecule has 222 valence electrons. The topological polar surface area (TPSA) is 82.7 Å². The van der Waals surface area contributed by atoms with Gasteiger partial charge in [-0.15, -0.1) is 0 Å². The van der Waals surface area contributed by atoms with Gasteiger partial charge < -0.3 is 19.3 Å². The lowest BCUT2D eigenvalue weighted by molar-refractivity contribution is -0.124. The maximum atomic E-state index is 14.3. The standard InChI is InChI=1S/C35H44N4O3/c1-38(2)31-13-10-27(21-36-31)35-17-14-34(15-18-35,16-19-35)23-39(33(41)25-8-11-29(40)12-9-25)28-5-3-4-26(20-28)30-22-42-32(37-30)24-6-7-24/h3-5,10,13,20-22,24-25,29,40H,6-9,11-12,14-19,23H2,1-2H3. The highest BCUT2D eigenvalue weighted by molar-refractivity contribution is 5.95. The molecule has 8 rings (SSSR count). The van der Waals surface area contributed by atoms with E-state index in [4.69, 9.17) is 14.4 Å². The molecule has 0 aliphatic heterocycles. The predicted molar refractivity (Wildman–Crippen MR) is 165 cm³/mol. The summed E-state index contributed by atoms with van der Waals surface area (Å²) in [5.41, 5.74) is 4.52. The Balaban J connectivity index is 1.14. The smallest absolute Gasteiger partial charge is 0.230 e. The molecule has 1 aromatic carbocycles. The van der Waals surface area contributed by atoms with Crippen LogP contribution in [0.15, 0.2) is 53.3 Å². The molecule has 7 nitrogen and oxygen atoms in total. The zero-order valence-corrected chi connectivity index (χ0v) is 25.1.